The number of furan rings is 2. The quantitative estimate of drug-likeness (QED) is 0.160. The van der Waals surface area contributed by atoms with Crippen molar-refractivity contribution in [3.63, 3.8) is 0 Å². The summed E-state index contributed by atoms with van der Waals surface area (Å²) in [7, 11) is 0. The van der Waals surface area contributed by atoms with Crippen LogP contribution in [0.5, 0.6) is 0 Å². The van der Waals surface area contributed by atoms with Crippen molar-refractivity contribution in [2.45, 2.75) is 0 Å². The number of hydrogen-bond acceptors (Lipinski definition) is 4. The molecular weight excluding hydrogens is 847 g/mol. The molecule has 318 valence electrons. The molecule has 0 spiro atoms. The smallest absolute Gasteiger partial charge is 0.143 e. The molecular formula is C64H39NO2S. The second kappa shape index (κ2) is 15.5. The molecule has 3 nitrogen and oxygen atoms in total. The third kappa shape index (κ3) is 6.19. The summed E-state index contributed by atoms with van der Waals surface area (Å²) in [4.78, 5) is 2.38. The summed E-state index contributed by atoms with van der Waals surface area (Å²) in [5, 5.41) is 9.28. The zero-order valence-corrected chi connectivity index (χ0v) is 37.5. The highest BCUT2D eigenvalue weighted by Gasteiger charge is 2.23. The van der Waals surface area contributed by atoms with Gasteiger partial charge in [0.2, 0.25) is 0 Å². The second-order valence-corrected chi connectivity index (χ2v) is 18.6. The van der Waals surface area contributed by atoms with E-state index in [1.165, 1.54) is 36.9 Å². The number of benzene rings is 11. The van der Waals surface area contributed by atoms with E-state index in [4.69, 9.17) is 8.83 Å². The lowest BCUT2D eigenvalue weighted by Crippen LogP contribution is -2.11. The number of rotatable bonds is 7. The molecule has 11 aromatic carbocycles. The molecule has 0 N–H and O–H groups in total. The summed E-state index contributed by atoms with van der Waals surface area (Å²) in [5.41, 5.74) is 15.7. The predicted octanol–water partition coefficient (Wildman–Crippen LogP) is 19.1. The van der Waals surface area contributed by atoms with Gasteiger partial charge in [-0.3, -0.25) is 0 Å². The number of hydrogen-bond donors (Lipinski definition) is 0. The third-order valence-electron chi connectivity index (χ3n) is 13.7. The predicted molar refractivity (Wildman–Crippen MR) is 288 cm³/mol. The van der Waals surface area contributed by atoms with Crippen molar-refractivity contribution in [2.75, 3.05) is 4.90 Å². The lowest BCUT2D eigenvalue weighted by atomic mass is 9.95. The van der Waals surface area contributed by atoms with Crippen LogP contribution >= 0.6 is 11.3 Å². The van der Waals surface area contributed by atoms with Gasteiger partial charge in [0.15, 0.2) is 0 Å². The van der Waals surface area contributed by atoms with Gasteiger partial charge in [-0.25, -0.2) is 0 Å². The van der Waals surface area contributed by atoms with Crippen LogP contribution in [0, 0.1) is 0 Å². The van der Waals surface area contributed by atoms with Gasteiger partial charge in [0.1, 0.15) is 22.3 Å². The molecule has 3 aromatic heterocycles. The molecule has 0 radical (unpaired) electrons. The Morgan fingerprint density at radius 3 is 1.66 bits per heavy atom. The van der Waals surface area contributed by atoms with E-state index in [-0.39, 0.29) is 0 Å². The van der Waals surface area contributed by atoms with E-state index >= 15 is 0 Å². The Kier molecular flexibility index (Phi) is 8.76. The van der Waals surface area contributed by atoms with Crippen LogP contribution in [-0.4, -0.2) is 0 Å². The fraction of sp³-hybridized carbons (Fsp3) is 0. The van der Waals surface area contributed by atoms with Gasteiger partial charge in [-0.05, 0) is 87.3 Å². The van der Waals surface area contributed by atoms with Crippen molar-refractivity contribution < 1.29 is 8.83 Å². The fourth-order valence-corrected chi connectivity index (χ4v) is 11.6. The molecule has 0 fully saturated rings. The van der Waals surface area contributed by atoms with E-state index in [2.05, 4.69) is 229 Å². The summed E-state index contributed by atoms with van der Waals surface area (Å²) in [5.74, 6) is 0. The SMILES string of the molecule is c1ccc(-c2ccc(N(c3ccc(-c4cccc5c4oc4ccccc45)cc3)c3cc4oc5c6ccccc6ccc5c4cc3-c3ccc(-c4cccc5c4sc4ccccc45)cc3)cc2)cc1. The molecule has 14 rings (SSSR count). The minimum atomic E-state index is 0.835. The number of thiophene rings is 1. The molecule has 68 heavy (non-hydrogen) atoms. The van der Waals surface area contributed by atoms with Crippen LogP contribution in [0.25, 0.3) is 119 Å². The minimum absolute atomic E-state index is 0.835. The molecule has 0 saturated carbocycles. The van der Waals surface area contributed by atoms with Crippen molar-refractivity contribution in [1.82, 2.24) is 0 Å². The highest BCUT2D eigenvalue weighted by Crippen LogP contribution is 2.48. The highest BCUT2D eigenvalue weighted by atomic mass is 32.1. The van der Waals surface area contributed by atoms with E-state index in [0.717, 1.165) is 99.5 Å². The topological polar surface area (TPSA) is 29.5 Å². The van der Waals surface area contributed by atoms with Crippen LogP contribution in [0.4, 0.5) is 17.1 Å². The largest absolute Gasteiger partial charge is 0.455 e. The van der Waals surface area contributed by atoms with Crippen LogP contribution in [0.2, 0.25) is 0 Å². The van der Waals surface area contributed by atoms with Crippen molar-refractivity contribution in [3.8, 4) is 44.5 Å². The maximum atomic E-state index is 6.95. The van der Waals surface area contributed by atoms with E-state index in [0.29, 0.717) is 0 Å². The molecule has 0 bridgehead atoms. The normalized spacial score (nSPS) is 11.8. The second-order valence-electron chi connectivity index (χ2n) is 17.6. The van der Waals surface area contributed by atoms with Crippen LogP contribution in [0.1, 0.15) is 0 Å². The van der Waals surface area contributed by atoms with Gasteiger partial charge < -0.3 is 13.7 Å². The molecule has 0 amide bonds. The number of para-hydroxylation sites is 2. The van der Waals surface area contributed by atoms with Crippen molar-refractivity contribution in [2.24, 2.45) is 0 Å². The summed E-state index contributed by atoms with van der Waals surface area (Å²) < 4.78 is 16.1. The molecule has 0 aliphatic heterocycles. The summed E-state index contributed by atoms with van der Waals surface area (Å²) in [6.07, 6.45) is 0. The standard InChI is InChI=1S/C64H39NO2S/c1-2-12-40(13-3-1)41-28-33-46(34-29-41)65(47-35-30-43(31-36-47)49-18-10-20-53-51-16-6-8-22-59(51)66-62(49)53)58-39-60-57(54-37-32-42-14-4-5-15-48(42)63(54)67-60)38-56(58)45-26-24-44(25-27-45)50-19-11-21-55-52-17-7-9-23-61(52)68-64(50)55/h1-39H. The first-order valence-corrected chi connectivity index (χ1v) is 23.9. The average molecular weight is 886 g/mol. The monoisotopic (exact) mass is 885 g/mol. The Labute approximate surface area is 396 Å². The first-order chi connectivity index (χ1) is 33.7. The third-order valence-corrected chi connectivity index (χ3v) is 14.9. The van der Waals surface area contributed by atoms with E-state index in [1.54, 1.807) is 0 Å². The molecule has 0 atom stereocenters. The van der Waals surface area contributed by atoms with Crippen molar-refractivity contribution >= 4 is 103 Å². The van der Waals surface area contributed by atoms with Gasteiger partial charge in [-0.15, -0.1) is 11.3 Å². The fourth-order valence-electron chi connectivity index (χ4n) is 10.4. The number of fused-ring (bicyclic) bond motifs is 11. The van der Waals surface area contributed by atoms with Gasteiger partial charge >= 0.3 is 0 Å². The Hall–Kier alpha value is -8.70. The molecule has 0 aliphatic carbocycles. The average Bonchev–Trinajstić information content (AvgIpc) is 4.11. The number of nitrogens with zero attached hydrogens (tertiary/aromatic N) is 1. The van der Waals surface area contributed by atoms with Gasteiger partial charge in [0.05, 0.1) is 5.69 Å². The number of anilines is 3. The maximum Gasteiger partial charge on any atom is 0.143 e. The van der Waals surface area contributed by atoms with Crippen molar-refractivity contribution in [3.05, 3.63) is 237 Å². The van der Waals surface area contributed by atoms with Crippen LogP contribution in [0.3, 0.4) is 0 Å². The van der Waals surface area contributed by atoms with Crippen molar-refractivity contribution in [1.29, 1.82) is 0 Å². The molecule has 4 heteroatoms. The van der Waals surface area contributed by atoms with E-state index in [9.17, 15) is 0 Å². The Balaban J connectivity index is 0.970. The van der Waals surface area contributed by atoms with E-state index < -0.39 is 0 Å². The van der Waals surface area contributed by atoms with Crippen LogP contribution in [-0.2, 0) is 0 Å². The van der Waals surface area contributed by atoms with Gasteiger partial charge in [-0.2, -0.15) is 0 Å². The zero-order valence-electron chi connectivity index (χ0n) is 36.7. The molecule has 0 saturated heterocycles. The van der Waals surface area contributed by atoms with Gasteiger partial charge in [0.25, 0.3) is 0 Å². The van der Waals surface area contributed by atoms with E-state index in [1.807, 2.05) is 23.5 Å². The Bertz CT molecular complexity index is 4240. The lowest BCUT2D eigenvalue weighted by molar-refractivity contribution is 0.670. The summed E-state index contributed by atoms with van der Waals surface area (Å²) in [6.45, 7) is 0. The molecule has 0 unspecified atom stereocenters. The first-order valence-electron chi connectivity index (χ1n) is 23.1. The highest BCUT2D eigenvalue weighted by molar-refractivity contribution is 7.26. The minimum Gasteiger partial charge on any atom is -0.455 e. The summed E-state index contributed by atoms with van der Waals surface area (Å²) >= 11 is 1.87. The zero-order chi connectivity index (χ0) is 44.7. The summed E-state index contributed by atoms with van der Waals surface area (Å²) in [6, 6.07) is 85.2. The Morgan fingerprint density at radius 1 is 0.309 bits per heavy atom. The molecule has 0 aliphatic rings. The lowest BCUT2D eigenvalue weighted by Gasteiger charge is -2.28. The Morgan fingerprint density at radius 2 is 0.868 bits per heavy atom. The first kappa shape index (κ1) is 38.6. The van der Waals surface area contributed by atoms with Gasteiger partial charge in [-0.1, -0.05) is 182 Å². The molecule has 14 aromatic rings. The van der Waals surface area contributed by atoms with Gasteiger partial charge in [0, 0.05) is 75.7 Å². The maximum absolute atomic E-state index is 6.95. The van der Waals surface area contributed by atoms with Crippen LogP contribution < -0.4 is 4.90 Å². The van der Waals surface area contributed by atoms with Crippen LogP contribution in [0.15, 0.2) is 245 Å². The molecule has 3 heterocycles.